The molecule has 20 heavy (non-hydrogen) atoms. The van der Waals surface area contributed by atoms with Crippen molar-refractivity contribution in [2.45, 2.75) is 43.9 Å². The summed E-state index contributed by atoms with van der Waals surface area (Å²) < 4.78 is 0. The molecule has 1 aliphatic rings. The lowest BCUT2D eigenvalue weighted by molar-refractivity contribution is 0.628. The van der Waals surface area contributed by atoms with E-state index in [9.17, 15) is 0 Å². The molecule has 3 rings (SSSR count). The fourth-order valence-corrected chi connectivity index (χ4v) is 3.54. The molecule has 0 saturated heterocycles. The van der Waals surface area contributed by atoms with Crippen LogP contribution in [-0.4, -0.2) is 5.38 Å². The van der Waals surface area contributed by atoms with Gasteiger partial charge in [-0.2, -0.15) is 0 Å². The molecule has 0 spiro atoms. The van der Waals surface area contributed by atoms with Gasteiger partial charge in [0.1, 0.15) is 0 Å². The number of halogens is 1. The fraction of sp³-hybridized carbons (Fsp3) is 0.368. The Labute approximate surface area is 126 Å². The molecule has 0 N–H and O–H groups in total. The van der Waals surface area contributed by atoms with Gasteiger partial charge in [-0.15, -0.1) is 11.6 Å². The second-order valence-corrected chi connectivity index (χ2v) is 6.64. The van der Waals surface area contributed by atoms with Crippen LogP contribution in [0.5, 0.6) is 0 Å². The van der Waals surface area contributed by atoms with Gasteiger partial charge in [0.2, 0.25) is 0 Å². The zero-order valence-corrected chi connectivity index (χ0v) is 13.0. The number of benzene rings is 2. The Kier molecular flexibility index (Phi) is 3.60. The predicted molar refractivity (Wildman–Crippen MR) is 86.6 cm³/mol. The second-order valence-electron chi connectivity index (χ2n) is 6.11. The molecule has 0 nitrogen and oxygen atoms in total. The van der Waals surface area contributed by atoms with Crippen LogP contribution >= 0.6 is 11.6 Å². The minimum atomic E-state index is 0.187. The highest BCUT2D eigenvalue weighted by molar-refractivity contribution is 6.22. The number of hydrogen-bond donors (Lipinski definition) is 0. The van der Waals surface area contributed by atoms with Crippen LogP contribution in [0.4, 0.5) is 0 Å². The van der Waals surface area contributed by atoms with E-state index < -0.39 is 0 Å². The molecule has 0 bridgehead atoms. The van der Waals surface area contributed by atoms with Gasteiger partial charge in [-0.3, -0.25) is 0 Å². The van der Waals surface area contributed by atoms with Crippen LogP contribution < -0.4 is 0 Å². The first-order chi connectivity index (χ1) is 9.62. The molecule has 1 heteroatoms. The summed E-state index contributed by atoms with van der Waals surface area (Å²) in [6, 6.07) is 17.5. The summed E-state index contributed by atoms with van der Waals surface area (Å²) in [7, 11) is 0. The van der Waals surface area contributed by atoms with Crippen molar-refractivity contribution in [2.75, 3.05) is 0 Å². The van der Waals surface area contributed by atoms with Gasteiger partial charge >= 0.3 is 0 Å². The third-order valence-electron chi connectivity index (χ3n) is 4.72. The van der Waals surface area contributed by atoms with E-state index in [0.29, 0.717) is 0 Å². The summed E-state index contributed by atoms with van der Waals surface area (Å²) in [4.78, 5) is 0. The number of rotatable bonds is 4. The number of alkyl halides is 1. The van der Waals surface area contributed by atoms with E-state index in [2.05, 4.69) is 62.4 Å². The van der Waals surface area contributed by atoms with E-state index in [1.807, 2.05) is 0 Å². The Balaban J connectivity index is 1.79. The molecule has 1 saturated carbocycles. The Hall–Kier alpha value is -1.27. The summed E-state index contributed by atoms with van der Waals surface area (Å²) >= 11 is 6.80. The minimum Gasteiger partial charge on any atom is -0.122 e. The van der Waals surface area contributed by atoms with Crippen LogP contribution in [-0.2, 0) is 11.8 Å². The van der Waals surface area contributed by atoms with E-state index in [-0.39, 0.29) is 10.8 Å². The average Bonchev–Trinajstić information content (AvgIpc) is 3.26. The molecule has 0 radical (unpaired) electrons. The quantitative estimate of drug-likeness (QED) is 0.678. The summed E-state index contributed by atoms with van der Waals surface area (Å²) in [6.07, 6.45) is 3.39. The van der Waals surface area contributed by atoms with Gasteiger partial charge in [0.15, 0.2) is 0 Å². The summed E-state index contributed by atoms with van der Waals surface area (Å²) in [5.41, 5.74) is 5.68. The average molecular weight is 285 g/mol. The van der Waals surface area contributed by atoms with Crippen molar-refractivity contribution in [3.05, 3.63) is 70.8 Å². The van der Waals surface area contributed by atoms with Gasteiger partial charge < -0.3 is 0 Å². The third kappa shape index (κ3) is 2.50. The molecule has 2 aromatic carbocycles. The summed E-state index contributed by atoms with van der Waals surface area (Å²) in [5, 5.41) is 0.187. The van der Waals surface area contributed by atoms with Gasteiger partial charge in [0.25, 0.3) is 0 Å². The maximum absolute atomic E-state index is 6.80. The number of hydrogen-bond acceptors (Lipinski definition) is 0. The molecular formula is C19H21Cl. The molecule has 1 atom stereocenters. The first-order valence-corrected chi connectivity index (χ1v) is 7.81. The van der Waals surface area contributed by atoms with E-state index in [1.165, 1.54) is 35.1 Å². The monoisotopic (exact) mass is 284 g/mol. The maximum Gasteiger partial charge on any atom is 0.0473 e. The zero-order valence-electron chi connectivity index (χ0n) is 12.2. The lowest BCUT2D eigenvalue weighted by atomic mass is 9.88. The fourth-order valence-electron chi connectivity index (χ4n) is 3.02. The van der Waals surface area contributed by atoms with E-state index in [0.717, 1.165) is 6.42 Å². The van der Waals surface area contributed by atoms with Crippen LogP contribution in [0.15, 0.2) is 48.5 Å². The maximum atomic E-state index is 6.80. The van der Waals surface area contributed by atoms with E-state index in [1.54, 1.807) is 0 Å². The Bertz CT molecular complexity index is 596. The van der Waals surface area contributed by atoms with Crippen LogP contribution in [0.3, 0.4) is 0 Å². The molecular weight excluding hydrogens is 264 g/mol. The topological polar surface area (TPSA) is 0 Å². The predicted octanol–water partition coefficient (Wildman–Crippen LogP) is 5.19. The Morgan fingerprint density at radius 2 is 1.70 bits per heavy atom. The lowest BCUT2D eigenvalue weighted by Gasteiger charge is -2.22. The standard InChI is InChI=1S/C19H21Cl/c1-14-8-9-16(12-15(14)2)13-18(20)19(10-11-19)17-6-4-3-5-7-17/h3-9,12,18H,10-11,13H2,1-2H3. The molecule has 104 valence electrons. The SMILES string of the molecule is Cc1ccc(CC(Cl)C2(c3ccccc3)CC2)cc1C. The molecule has 1 aliphatic carbocycles. The third-order valence-corrected chi connectivity index (χ3v) is 5.30. The van der Waals surface area contributed by atoms with E-state index >= 15 is 0 Å². The second kappa shape index (κ2) is 5.26. The molecule has 1 fully saturated rings. The highest BCUT2D eigenvalue weighted by Crippen LogP contribution is 2.53. The lowest BCUT2D eigenvalue weighted by Crippen LogP contribution is -2.23. The zero-order chi connectivity index (χ0) is 14.2. The molecule has 0 amide bonds. The Morgan fingerprint density at radius 1 is 1.00 bits per heavy atom. The van der Waals surface area contributed by atoms with Gasteiger partial charge in [0.05, 0.1) is 0 Å². The molecule has 0 aromatic heterocycles. The molecule has 0 heterocycles. The summed E-state index contributed by atoms with van der Waals surface area (Å²) in [6.45, 7) is 4.33. The highest BCUT2D eigenvalue weighted by Gasteiger charge is 2.49. The van der Waals surface area contributed by atoms with Crippen molar-refractivity contribution >= 4 is 11.6 Å². The van der Waals surface area contributed by atoms with Crippen molar-refractivity contribution in [1.29, 1.82) is 0 Å². The highest BCUT2D eigenvalue weighted by atomic mass is 35.5. The molecule has 2 aromatic rings. The van der Waals surface area contributed by atoms with Crippen LogP contribution in [0.25, 0.3) is 0 Å². The van der Waals surface area contributed by atoms with Crippen molar-refractivity contribution in [2.24, 2.45) is 0 Å². The van der Waals surface area contributed by atoms with Gasteiger partial charge in [-0.05, 0) is 55.4 Å². The van der Waals surface area contributed by atoms with Crippen molar-refractivity contribution < 1.29 is 0 Å². The summed E-state index contributed by atoms with van der Waals surface area (Å²) in [5.74, 6) is 0. The molecule has 1 unspecified atom stereocenters. The van der Waals surface area contributed by atoms with Gasteiger partial charge in [-0.1, -0.05) is 48.5 Å². The van der Waals surface area contributed by atoms with Gasteiger partial charge in [-0.25, -0.2) is 0 Å². The van der Waals surface area contributed by atoms with E-state index in [4.69, 9.17) is 11.6 Å². The largest absolute Gasteiger partial charge is 0.122 e. The van der Waals surface area contributed by atoms with Crippen LogP contribution in [0, 0.1) is 13.8 Å². The van der Waals surface area contributed by atoms with Crippen LogP contribution in [0.1, 0.15) is 35.1 Å². The number of aryl methyl sites for hydroxylation is 2. The van der Waals surface area contributed by atoms with Crippen molar-refractivity contribution in [1.82, 2.24) is 0 Å². The smallest absolute Gasteiger partial charge is 0.0473 e. The van der Waals surface area contributed by atoms with Crippen LogP contribution in [0.2, 0.25) is 0 Å². The Morgan fingerprint density at radius 3 is 2.30 bits per heavy atom. The minimum absolute atomic E-state index is 0.187. The normalized spacial score (nSPS) is 17.8. The first kappa shape index (κ1) is 13.7. The first-order valence-electron chi connectivity index (χ1n) is 7.37. The van der Waals surface area contributed by atoms with Crippen molar-refractivity contribution in [3.63, 3.8) is 0 Å². The van der Waals surface area contributed by atoms with Gasteiger partial charge in [0, 0.05) is 10.8 Å². The molecule has 0 aliphatic heterocycles. The van der Waals surface area contributed by atoms with Crippen molar-refractivity contribution in [3.8, 4) is 0 Å².